The summed E-state index contributed by atoms with van der Waals surface area (Å²) in [7, 11) is 0. The van der Waals surface area contributed by atoms with E-state index >= 15 is 0 Å². The van der Waals surface area contributed by atoms with Crippen molar-refractivity contribution in [2.75, 3.05) is 0 Å². The largest absolute Gasteiger partial charge is 0.343 e. The Hall–Kier alpha value is -1.58. The molecule has 3 heteroatoms. The number of rotatable bonds is 4. The van der Waals surface area contributed by atoms with Crippen molar-refractivity contribution in [3.8, 4) is 0 Å². The average Bonchev–Trinajstić information content (AvgIpc) is 2.99. The first kappa shape index (κ1) is 12.5. The first-order valence-electron chi connectivity index (χ1n) is 6.57. The molecule has 0 amide bonds. The first-order chi connectivity index (χ1) is 9.24. The van der Waals surface area contributed by atoms with Crippen LogP contribution in [0.3, 0.4) is 0 Å². The van der Waals surface area contributed by atoms with Crippen molar-refractivity contribution in [3.63, 3.8) is 0 Å². The van der Waals surface area contributed by atoms with E-state index < -0.39 is 0 Å². The van der Waals surface area contributed by atoms with Crippen LogP contribution in [-0.2, 0) is 13.0 Å². The molecule has 0 aliphatic rings. The molecule has 0 fully saturated rings. The van der Waals surface area contributed by atoms with Crippen molar-refractivity contribution in [3.05, 3.63) is 58.4 Å². The van der Waals surface area contributed by atoms with Gasteiger partial charge in [0.15, 0.2) is 0 Å². The van der Waals surface area contributed by atoms with Gasteiger partial charge in [0.05, 0.1) is 0 Å². The monoisotopic (exact) mass is 270 g/mol. The van der Waals surface area contributed by atoms with E-state index in [2.05, 4.69) is 58.8 Å². The Morgan fingerprint density at radius 2 is 2.11 bits per heavy atom. The summed E-state index contributed by atoms with van der Waals surface area (Å²) in [5.41, 5.74) is 9.96. The molecule has 2 aromatic heterocycles. The lowest BCUT2D eigenvalue weighted by molar-refractivity contribution is 0.735. The van der Waals surface area contributed by atoms with Crippen molar-refractivity contribution in [1.82, 2.24) is 4.57 Å². The van der Waals surface area contributed by atoms with E-state index in [1.54, 1.807) is 11.3 Å². The molecule has 1 atom stereocenters. The van der Waals surface area contributed by atoms with Crippen molar-refractivity contribution in [1.29, 1.82) is 0 Å². The quantitative estimate of drug-likeness (QED) is 0.771. The molecule has 19 heavy (non-hydrogen) atoms. The molecule has 0 aliphatic heterocycles. The smallest absolute Gasteiger partial charge is 0.0486 e. The van der Waals surface area contributed by atoms with Gasteiger partial charge in [-0.1, -0.05) is 18.2 Å². The second kappa shape index (κ2) is 5.19. The van der Waals surface area contributed by atoms with E-state index in [0.29, 0.717) is 0 Å². The normalized spacial score (nSPS) is 12.9. The predicted octanol–water partition coefficient (Wildman–Crippen LogP) is 3.64. The second-order valence-electron chi connectivity index (χ2n) is 5.11. The highest BCUT2D eigenvalue weighted by atomic mass is 32.1. The molecule has 3 rings (SSSR count). The molecule has 1 aromatic carbocycles. The molecule has 98 valence electrons. The van der Waals surface area contributed by atoms with Crippen LogP contribution in [0.25, 0.3) is 10.9 Å². The van der Waals surface area contributed by atoms with E-state index in [1.807, 2.05) is 0 Å². The minimum atomic E-state index is 0.195. The number of thiophene rings is 1. The summed E-state index contributed by atoms with van der Waals surface area (Å²) in [5, 5.41) is 5.67. The molecule has 0 radical (unpaired) electrons. The number of nitrogens with two attached hydrogens (primary N) is 1. The fourth-order valence-corrected chi connectivity index (χ4v) is 3.20. The zero-order valence-electron chi connectivity index (χ0n) is 11.0. The van der Waals surface area contributed by atoms with Gasteiger partial charge in [-0.25, -0.2) is 0 Å². The van der Waals surface area contributed by atoms with Gasteiger partial charge in [-0.2, -0.15) is 11.3 Å². The lowest BCUT2D eigenvalue weighted by atomic mass is 10.1. The van der Waals surface area contributed by atoms with Gasteiger partial charge in [0, 0.05) is 29.7 Å². The Balaban J connectivity index is 2.04. The lowest BCUT2D eigenvalue weighted by Crippen LogP contribution is -2.17. The summed E-state index contributed by atoms with van der Waals surface area (Å²) in [6.45, 7) is 2.99. The van der Waals surface area contributed by atoms with Gasteiger partial charge in [-0.15, -0.1) is 0 Å². The number of fused-ring (bicyclic) bond motifs is 1. The van der Waals surface area contributed by atoms with Crippen LogP contribution in [0.1, 0.15) is 18.1 Å². The van der Waals surface area contributed by atoms with E-state index in [9.17, 15) is 0 Å². The lowest BCUT2D eigenvalue weighted by Gasteiger charge is -2.03. The summed E-state index contributed by atoms with van der Waals surface area (Å²) in [6, 6.07) is 11.0. The van der Waals surface area contributed by atoms with Gasteiger partial charge < -0.3 is 10.3 Å². The molecule has 0 aliphatic carbocycles. The maximum absolute atomic E-state index is 5.95. The van der Waals surface area contributed by atoms with Gasteiger partial charge >= 0.3 is 0 Å². The summed E-state index contributed by atoms with van der Waals surface area (Å²) < 4.78 is 2.33. The summed E-state index contributed by atoms with van der Waals surface area (Å²) in [4.78, 5) is 0. The SMILES string of the molecule is CC(N)Cc1cn(Cc2ccsc2)c2ccccc12. The van der Waals surface area contributed by atoms with Crippen molar-refractivity contribution >= 4 is 22.2 Å². The highest BCUT2D eigenvalue weighted by Crippen LogP contribution is 2.23. The fraction of sp³-hybridized carbons (Fsp3) is 0.250. The van der Waals surface area contributed by atoms with Gasteiger partial charge in [-0.05, 0) is 47.4 Å². The number of nitrogens with zero attached hydrogens (tertiary/aromatic N) is 1. The third-order valence-electron chi connectivity index (χ3n) is 3.35. The van der Waals surface area contributed by atoms with E-state index in [1.165, 1.54) is 22.0 Å². The van der Waals surface area contributed by atoms with Crippen LogP contribution in [0.2, 0.25) is 0 Å². The van der Waals surface area contributed by atoms with Gasteiger partial charge in [0.25, 0.3) is 0 Å². The highest BCUT2D eigenvalue weighted by Gasteiger charge is 2.09. The Morgan fingerprint density at radius 3 is 2.84 bits per heavy atom. The number of para-hydroxylation sites is 1. The minimum Gasteiger partial charge on any atom is -0.343 e. The number of aromatic nitrogens is 1. The highest BCUT2D eigenvalue weighted by molar-refractivity contribution is 7.07. The third kappa shape index (κ3) is 2.57. The molecule has 0 bridgehead atoms. The molecule has 3 aromatic rings. The van der Waals surface area contributed by atoms with Crippen LogP contribution in [0, 0.1) is 0 Å². The predicted molar refractivity (Wildman–Crippen MR) is 82.7 cm³/mol. The first-order valence-corrected chi connectivity index (χ1v) is 7.51. The standard InChI is InChI=1S/C16H18N2S/c1-12(17)8-14-10-18(9-13-6-7-19-11-13)16-5-3-2-4-15(14)16/h2-7,10-12H,8-9,17H2,1H3. The fourth-order valence-electron chi connectivity index (χ4n) is 2.54. The van der Waals surface area contributed by atoms with Crippen LogP contribution in [-0.4, -0.2) is 10.6 Å². The maximum Gasteiger partial charge on any atom is 0.0486 e. The van der Waals surface area contributed by atoms with E-state index in [0.717, 1.165) is 13.0 Å². The zero-order valence-corrected chi connectivity index (χ0v) is 11.9. The van der Waals surface area contributed by atoms with Gasteiger partial charge in [0.2, 0.25) is 0 Å². The van der Waals surface area contributed by atoms with Gasteiger partial charge in [-0.3, -0.25) is 0 Å². The third-order valence-corrected chi connectivity index (χ3v) is 4.08. The molecule has 0 saturated carbocycles. The second-order valence-corrected chi connectivity index (χ2v) is 5.89. The van der Waals surface area contributed by atoms with Crippen molar-refractivity contribution < 1.29 is 0 Å². The molecule has 1 unspecified atom stereocenters. The molecular formula is C16H18N2S. The Bertz CT molecular complexity index is 665. The molecular weight excluding hydrogens is 252 g/mol. The molecule has 0 saturated heterocycles. The van der Waals surface area contributed by atoms with E-state index in [4.69, 9.17) is 5.73 Å². The summed E-state index contributed by atoms with van der Waals surface area (Å²) in [5.74, 6) is 0. The van der Waals surface area contributed by atoms with Crippen LogP contribution >= 0.6 is 11.3 Å². The molecule has 2 heterocycles. The van der Waals surface area contributed by atoms with Crippen molar-refractivity contribution in [2.24, 2.45) is 5.73 Å². The van der Waals surface area contributed by atoms with Crippen LogP contribution in [0.4, 0.5) is 0 Å². The Labute approximate surface area is 117 Å². The number of benzene rings is 1. The molecule has 0 spiro atoms. The summed E-state index contributed by atoms with van der Waals surface area (Å²) in [6.07, 6.45) is 3.18. The van der Waals surface area contributed by atoms with Crippen molar-refractivity contribution in [2.45, 2.75) is 25.9 Å². The van der Waals surface area contributed by atoms with Crippen LogP contribution < -0.4 is 5.73 Å². The van der Waals surface area contributed by atoms with E-state index in [-0.39, 0.29) is 6.04 Å². The summed E-state index contributed by atoms with van der Waals surface area (Å²) >= 11 is 1.75. The zero-order chi connectivity index (χ0) is 13.2. The molecule has 2 nitrogen and oxygen atoms in total. The van der Waals surface area contributed by atoms with Crippen LogP contribution in [0.5, 0.6) is 0 Å². The number of hydrogen-bond acceptors (Lipinski definition) is 2. The Kier molecular flexibility index (Phi) is 3.40. The topological polar surface area (TPSA) is 30.9 Å². The average molecular weight is 270 g/mol. The van der Waals surface area contributed by atoms with Crippen LogP contribution in [0.15, 0.2) is 47.3 Å². The minimum absolute atomic E-state index is 0.195. The maximum atomic E-state index is 5.95. The molecule has 2 N–H and O–H groups in total. The van der Waals surface area contributed by atoms with Gasteiger partial charge in [0.1, 0.15) is 0 Å². The number of hydrogen-bond donors (Lipinski definition) is 1. The Morgan fingerprint density at radius 1 is 1.26 bits per heavy atom.